The van der Waals surface area contributed by atoms with E-state index in [4.69, 9.17) is 11.6 Å². The van der Waals surface area contributed by atoms with Crippen molar-refractivity contribution in [1.82, 2.24) is 4.57 Å². The van der Waals surface area contributed by atoms with Crippen LogP contribution in [-0.4, -0.2) is 15.3 Å². The van der Waals surface area contributed by atoms with Gasteiger partial charge in [0, 0.05) is 35.1 Å². The van der Waals surface area contributed by atoms with E-state index in [1.54, 1.807) is 0 Å². The summed E-state index contributed by atoms with van der Waals surface area (Å²) in [5.41, 5.74) is 1.57. The Hall–Kier alpha value is -0.990. The summed E-state index contributed by atoms with van der Waals surface area (Å²) in [6, 6.07) is 7.92. The molecule has 1 aromatic heterocycles. The number of nitrogens with zero attached hydrogens (tertiary/aromatic N) is 1. The Kier molecular flexibility index (Phi) is 2.72. The molecular weight excluding hydrogens is 222 g/mol. The third kappa shape index (κ3) is 2.23. The third-order valence-corrected chi connectivity index (χ3v) is 2.95. The highest BCUT2D eigenvalue weighted by Crippen LogP contribution is 2.24. The van der Waals surface area contributed by atoms with E-state index in [0.29, 0.717) is 6.42 Å². The molecule has 2 aromatic rings. The monoisotopic (exact) mass is 237 g/mol. The first-order valence-electron chi connectivity index (χ1n) is 5.33. The molecular formula is C13H16ClNO. The van der Waals surface area contributed by atoms with E-state index in [-0.39, 0.29) is 0 Å². The van der Waals surface area contributed by atoms with E-state index in [2.05, 4.69) is 10.6 Å². The fourth-order valence-corrected chi connectivity index (χ4v) is 2.17. The normalized spacial score (nSPS) is 12.3. The van der Waals surface area contributed by atoms with Gasteiger partial charge in [-0.3, -0.25) is 0 Å². The molecule has 2 nitrogen and oxygen atoms in total. The second-order valence-corrected chi connectivity index (χ2v) is 5.32. The molecule has 1 N–H and O–H groups in total. The SMILES string of the molecule is Cn1c(CC(C)(C)O)cc2cc(Cl)ccc21. The lowest BCUT2D eigenvalue weighted by Crippen LogP contribution is -2.23. The molecule has 86 valence electrons. The van der Waals surface area contributed by atoms with Gasteiger partial charge in [-0.15, -0.1) is 0 Å². The molecule has 0 atom stereocenters. The molecule has 0 spiro atoms. The van der Waals surface area contributed by atoms with E-state index in [0.717, 1.165) is 21.6 Å². The molecule has 16 heavy (non-hydrogen) atoms. The first-order chi connectivity index (χ1) is 7.37. The van der Waals surface area contributed by atoms with E-state index in [1.165, 1.54) is 0 Å². The zero-order valence-electron chi connectivity index (χ0n) is 9.79. The second kappa shape index (κ2) is 3.79. The van der Waals surface area contributed by atoms with E-state index in [1.807, 2.05) is 39.1 Å². The maximum Gasteiger partial charge on any atom is 0.0646 e. The molecule has 0 bridgehead atoms. The Bertz CT molecular complexity index is 522. The first-order valence-corrected chi connectivity index (χ1v) is 5.71. The predicted molar refractivity (Wildman–Crippen MR) is 67.9 cm³/mol. The Morgan fingerprint density at radius 2 is 2.00 bits per heavy atom. The minimum absolute atomic E-state index is 0.635. The summed E-state index contributed by atoms with van der Waals surface area (Å²) in [5, 5.41) is 11.7. The number of hydrogen-bond acceptors (Lipinski definition) is 1. The van der Waals surface area contributed by atoms with Crippen LogP contribution >= 0.6 is 11.6 Å². The van der Waals surface area contributed by atoms with Crippen LogP contribution in [0.4, 0.5) is 0 Å². The Morgan fingerprint density at radius 1 is 1.31 bits per heavy atom. The molecule has 0 aliphatic heterocycles. The summed E-state index contributed by atoms with van der Waals surface area (Å²) in [5.74, 6) is 0. The van der Waals surface area contributed by atoms with Crippen LogP contribution in [0.2, 0.25) is 5.02 Å². The van der Waals surface area contributed by atoms with Crippen molar-refractivity contribution < 1.29 is 5.11 Å². The maximum absolute atomic E-state index is 9.84. The van der Waals surface area contributed by atoms with Gasteiger partial charge in [-0.05, 0) is 38.1 Å². The lowest BCUT2D eigenvalue weighted by Gasteiger charge is -2.17. The summed E-state index contributed by atoms with van der Waals surface area (Å²) in [7, 11) is 2.01. The van der Waals surface area contributed by atoms with Crippen LogP contribution in [-0.2, 0) is 13.5 Å². The molecule has 0 fully saturated rings. The van der Waals surface area contributed by atoms with Crippen LogP contribution in [0, 0.1) is 0 Å². The van der Waals surface area contributed by atoms with Gasteiger partial charge in [0.05, 0.1) is 5.60 Å². The summed E-state index contributed by atoms with van der Waals surface area (Å²) < 4.78 is 2.10. The average molecular weight is 238 g/mol. The minimum Gasteiger partial charge on any atom is -0.390 e. The predicted octanol–water partition coefficient (Wildman–Crippen LogP) is 3.15. The molecule has 0 aliphatic rings. The van der Waals surface area contributed by atoms with Crippen LogP contribution < -0.4 is 0 Å². The first kappa shape index (κ1) is 11.5. The summed E-state index contributed by atoms with van der Waals surface area (Å²) in [6.45, 7) is 3.63. The van der Waals surface area contributed by atoms with Gasteiger partial charge < -0.3 is 9.67 Å². The number of aromatic nitrogens is 1. The number of aliphatic hydroxyl groups is 1. The van der Waals surface area contributed by atoms with E-state index in [9.17, 15) is 5.11 Å². The smallest absolute Gasteiger partial charge is 0.0646 e. The van der Waals surface area contributed by atoms with Crippen molar-refractivity contribution in [3.63, 3.8) is 0 Å². The highest BCUT2D eigenvalue weighted by Gasteiger charge is 2.16. The molecule has 0 aliphatic carbocycles. The van der Waals surface area contributed by atoms with Gasteiger partial charge in [-0.2, -0.15) is 0 Å². The van der Waals surface area contributed by atoms with E-state index < -0.39 is 5.60 Å². The van der Waals surface area contributed by atoms with Crippen molar-refractivity contribution in [2.75, 3.05) is 0 Å². The van der Waals surface area contributed by atoms with Gasteiger partial charge in [0.25, 0.3) is 0 Å². The molecule has 0 radical (unpaired) electrons. The number of halogens is 1. The highest BCUT2D eigenvalue weighted by atomic mass is 35.5. The number of fused-ring (bicyclic) bond motifs is 1. The van der Waals surface area contributed by atoms with E-state index >= 15 is 0 Å². The summed E-state index contributed by atoms with van der Waals surface area (Å²) in [4.78, 5) is 0. The molecule has 1 heterocycles. The average Bonchev–Trinajstić information content (AvgIpc) is 2.40. The van der Waals surface area contributed by atoms with Crippen molar-refractivity contribution in [2.45, 2.75) is 25.9 Å². The van der Waals surface area contributed by atoms with Crippen molar-refractivity contribution in [1.29, 1.82) is 0 Å². The van der Waals surface area contributed by atoms with Gasteiger partial charge in [0.2, 0.25) is 0 Å². The Labute approximate surface area is 100 Å². The largest absolute Gasteiger partial charge is 0.390 e. The fraction of sp³-hybridized carbons (Fsp3) is 0.385. The highest BCUT2D eigenvalue weighted by molar-refractivity contribution is 6.31. The number of benzene rings is 1. The second-order valence-electron chi connectivity index (χ2n) is 4.89. The molecule has 0 saturated heterocycles. The van der Waals surface area contributed by atoms with Crippen molar-refractivity contribution in [3.05, 3.63) is 35.0 Å². The van der Waals surface area contributed by atoms with Gasteiger partial charge in [0.1, 0.15) is 0 Å². The summed E-state index contributed by atoms with van der Waals surface area (Å²) >= 11 is 5.95. The number of aryl methyl sites for hydroxylation is 1. The zero-order valence-corrected chi connectivity index (χ0v) is 10.5. The number of hydrogen-bond donors (Lipinski definition) is 1. The zero-order chi connectivity index (χ0) is 11.9. The lowest BCUT2D eigenvalue weighted by molar-refractivity contribution is 0.0793. The topological polar surface area (TPSA) is 25.2 Å². The van der Waals surface area contributed by atoms with Crippen molar-refractivity contribution in [3.8, 4) is 0 Å². The standard InChI is InChI=1S/C13H16ClNO/c1-13(2,16)8-11-7-9-6-10(14)4-5-12(9)15(11)3/h4-7,16H,8H2,1-3H3. The van der Waals surface area contributed by atoms with Gasteiger partial charge in [-0.1, -0.05) is 11.6 Å². The molecule has 2 rings (SSSR count). The van der Waals surface area contributed by atoms with Crippen LogP contribution in [0.3, 0.4) is 0 Å². The van der Waals surface area contributed by atoms with Gasteiger partial charge in [0.15, 0.2) is 0 Å². The van der Waals surface area contributed by atoms with Crippen molar-refractivity contribution >= 4 is 22.5 Å². The molecule has 0 unspecified atom stereocenters. The maximum atomic E-state index is 9.84. The Morgan fingerprint density at radius 3 is 2.62 bits per heavy atom. The third-order valence-electron chi connectivity index (χ3n) is 2.72. The van der Waals surface area contributed by atoms with Crippen LogP contribution in [0.25, 0.3) is 10.9 Å². The number of rotatable bonds is 2. The molecule has 0 amide bonds. The van der Waals surface area contributed by atoms with Crippen molar-refractivity contribution in [2.24, 2.45) is 7.05 Å². The van der Waals surface area contributed by atoms with Crippen LogP contribution in [0.15, 0.2) is 24.3 Å². The lowest BCUT2D eigenvalue weighted by atomic mass is 10.0. The summed E-state index contributed by atoms with van der Waals surface area (Å²) in [6.07, 6.45) is 0.635. The molecule has 3 heteroatoms. The van der Waals surface area contributed by atoms with Gasteiger partial charge >= 0.3 is 0 Å². The van der Waals surface area contributed by atoms with Crippen LogP contribution in [0.1, 0.15) is 19.5 Å². The minimum atomic E-state index is -0.689. The van der Waals surface area contributed by atoms with Crippen LogP contribution in [0.5, 0.6) is 0 Å². The Balaban J connectivity index is 2.52. The quantitative estimate of drug-likeness (QED) is 0.853. The fourth-order valence-electron chi connectivity index (χ4n) is 1.99. The molecule has 1 aromatic carbocycles. The molecule has 0 saturated carbocycles. The van der Waals surface area contributed by atoms with Gasteiger partial charge in [-0.25, -0.2) is 0 Å².